The van der Waals surface area contributed by atoms with Gasteiger partial charge in [-0.05, 0) is 62.2 Å². The second-order valence-electron chi connectivity index (χ2n) is 7.55. The predicted octanol–water partition coefficient (Wildman–Crippen LogP) is 3.54. The summed E-state index contributed by atoms with van der Waals surface area (Å²) in [4.78, 5) is 12.2. The van der Waals surface area contributed by atoms with Crippen LogP contribution in [-0.4, -0.2) is 18.1 Å². The number of urea groups is 1. The Kier molecular flexibility index (Phi) is 3.96. The van der Waals surface area contributed by atoms with E-state index in [4.69, 9.17) is 0 Å². The average molecular weight is 278 g/mol. The number of carbonyl (C=O) groups is 1. The van der Waals surface area contributed by atoms with E-state index >= 15 is 0 Å². The van der Waals surface area contributed by atoms with E-state index in [9.17, 15) is 4.79 Å². The van der Waals surface area contributed by atoms with Crippen LogP contribution >= 0.6 is 0 Å². The molecular formula is C17H30N2O. The average Bonchev–Trinajstić information content (AvgIpc) is 3.08. The quantitative estimate of drug-likeness (QED) is 0.811. The van der Waals surface area contributed by atoms with Crippen LogP contribution in [-0.2, 0) is 0 Å². The Morgan fingerprint density at radius 2 is 1.90 bits per heavy atom. The maximum atomic E-state index is 12.2. The van der Waals surface area contributed by atoms with Crippen LogP contribution in [0, 0.1) is 29.6 Å². The molecule has 3 fully saturated rings. The third kappa shape index (κ3) is 2.44. The zero-order valence-corrected chi connectivity index (χ0v) is 13.2. The van der Waals surface area contributed by atoms with Gasteiger partial charge < -0.3 is 10.6 Å². The van der Waals surface area contributed by atoms with Gasteiger partial charge in [0.2, 0.25) is 0 Å². The molecule has 3 heteroatoms. The molecule has 20 heavy (non-hydrogen) atoms. The lowest BCUT2D eigenvalue weighted by molar-refractivity contribution is 0.194. The Hall–Kier alpha value is -0.730. The number of carbonyl (C=O) groups excluding carboxylic acids is 1. The van der Waals surface area contributed by atoms with Gasteiger partial charge >= 0.3 is 6.03 Å². The van der Waals surface area contributed by atoms with E-state index in [1.807, 2.05) is 0 Å². The summed E-state index contributed by atoms with van der Waals surface area (Å²) in [6, 6.07) is 0.770. The van der Waals surface area contributed by atoms with Crippen molar-refractivity contribution in [1.29, 1.82) is 0 Å². The normalized spacial score (nSPS) is 41.2. The Morgan fingerprint density at radius 3 is 2.65 bits per heavy atom. The summed E-state index contributed by atoms with van der Waals surface area (Å²) < 4.78 is 0. The van der Waals surface area contributed by atoms with Crippen LogP contribution in [0.15, 0.2) is 0 Å². The van der Waals surface area contributed by atoms with Crippen LogP contribution in [0.5, 0.6) is 0 Å². The van der Waals surface area contributed by atoms with Crippen LogP contribution in [0.4, 0.5) is 4.79 Å². The number of fused-ring (bicyclic) bond motifs is 5. The van der Waals surface area contributed by atoms with E-state index in [2.05, 4.69) is 31.4 Å². The van der Waals surface area contributed by atoms with Crippen molar-refractivity contribution >= 4 is 6.03 Å². The highest BCUT2D eigenvalue weighted by Crippen LogP contribution is 2.58. The van der Waals surface area contributed by atoms with Gasteiger partial charge in [0.25, 0.3) is 0 Å². The highest BCUT2D eigenvalue weighted by Gasteiger charge is 2.54. The van der Waals surface area contributed by atoms with E-state index in [1.165, 1.54) is 32.1 Å². The monoisotopic (exact) mass is 278 g/mol. The Balaban J connectivity index is 1.51. The minimum atomic E-state index is 0.0601. The van der Waals surface area contributed by atoms with Gasteiger partial charge in [0.15, 0.2) is 0 Å². The second kappa shape index (κ2) is 5.57. The molecule has 2 N–H and O–H groups in total. The largest absolute Gasteiger partial charge is 0.335 e. The van der Waals surface area contributed by atoms with Crippen LogP contribution in [0.3, 0.4) is 0 Å². The van der Waals surface area contributed by atoms with Crippen LogP contribution in [0.25, 0.3) is 0 Å². The highest BCUT2D eigenvalue weighted by atomic mass is 16.2. The molecule has 0 radical (unpaired) electrons. The molecule has 0 heterocycles. The molecule has 0 aromatic heterocycles. The molecule has 0 saturated heterocycles. The zero-order chi connectivity index (χ0) is 14.3. The fourth-order valence-electron chi connectivity index (χ4n) is 5.15. The Bertz CT molecular complexity index is 370. The summed E-state index contributed by atoms with van der Waals surface area (Å²) in [5.74, 6) is 4.15. The first-order chi connectivity index (χ1) is 9.60. The first-order valence-electron chi connectivity index (χ1n) is 8.67. The van der Waals surface area contributed by atoms with E-state index in [0.29, 0.717) is 12.0 Å². The molecular weight excluding hydrogens is 248 g/mol. The number of hydrogen-bond donors (Lipinski definition) is 2. The van der Waals surface area contributed by atoms with E-state index in [-0.39, 0.29) is 12.1 Å². The lowest BCUT2D eigenvalue weighted by atomic mass is 9.79. The molecule has 3 aliphatic rings. The summed E-state index contributed by atoms with van der Waals surface area (Å²) >= 11 is 0. The summed E-state index contributed by atoms with van der Waals surface area (Å²) in [5, 5.41) is 6.41. The first kappa shape index (κ1) is 14.2. The van der Waals surface area contributed by atoms with Crippen molar-refractivity contribution in [2.24, 2.45) is 29.6 Å². The first-order valence-corrected chi connectivity index (χ1v) is 8.67. The van der Waals surface area contributed by atoms with Crippen molar-refractivity contribution in [2.75, 3.05) is 0 Å². The van der Waals surface area contributed by atoms with Gasteiger partial charge in [0.05, 0.1) is 0 Å². The van der Waals surface area contributed by atoms with Crippen LogP contribution < -0.4 is 10.6 Å². The molecule has 0 spiro atoms. The van der Waals surface area contributed by atoms with Gasteiger partial charge in [0.1, 0.15) is 0 Å². The maximum absolute atomic E-state index is 12.2. The van der Waals surface area contributed by atoms with Gasteiger partial charge in [0, 0.05) is 12.1 Å². The SMILES string of the molecule is CCC(C)C(C)NC(=O)NC1CC2CC1C1CCCC21. The van der Waals surface area contributed by atoms with Gasteiger partial charge in [-0.1, -0.05) is 26.7 Å². The molecule has 0 aliphatic heterocycles. The van der Waals surface area contributed by atoms with Crippen molar-refractivity contribution in [3.63, 3.8) is 0 Å². The molecule has 3 aliphatic carbocycles. The van der Waals surface area contributed by atoms with Gasteiger partial charge in [-0.3, -0.25) is 0 Å². The van der Waals surface area contributed by atoms with Crippen molar-refractivity contribution in [2.45, 2.75) is 71.4 Å². The van der Waals surface area contributed by atoms with Crippen LogP contribution in [0.2, 0.25) is 0 Å². The van der Waals surface area contributed by atoms with E-state index < -0.39 is 0 Å². The van der Waals surface area contributed by atoms with E-state index in [1.54, 1.807) is 0 Å². The number of amides is 2. The third-order valence-electron chi connectivity index (χ3n) is 6.60. The van der Waals surface area contributed by atoms with Crippen molar-refractivity contribution < 1.29 is 4.79 Å². The number of nitrogens with one attached hydrogen (secondary N) is 2. The lowest BCUT2D eigenvalue weighted by Gasteiger charge is -2.32. The Morgan fingerprint density at radius 1 is 1.15 bits per heavy atom. The fraction of sp³-hybridized carbons (Fsp3) is 0.941. The highest BCUT2D eigenvalue weighted by molar-refractivity contribution is 5.74. The molecule has 0 aromatic carbocycles. The Labute approximate surface area is 123 Å². The second-order valence-corrected chi connectivity index (χ2v) is 7.55. The summed E-state index contributed by atoms with van der Waals surface area (Å²) in [7, 11) is 0. The molecule has 2 amide bonds. The van der Waals surface area contributed by atoms with Gasteiger partial charge in [-0.25, -0.2) is 4.79 Å². The molecule has 0 aromatic rings. The molecule has 2 bridgehead atoms. The standard InChI is InChI=1S/C17H30N2O/c1-4-10(2)11(3)18-17(20)19-16-9-12-8-15(16)14-7-5-6-13(12)14/h10-16H,4-9H2,1-3H3,(H2,18,19,20). The molecule has 114 valence electrons. The third-order valence-corrected chi connectivity index (χ3v) is 6.60. The minimum absolute atomic E-state index is 0.0601. The van der Waals surface area contributed by atoms with E-state index in [0.717, 1.165) is 30.1 Å². The van der Waals surface area contributed by atoms with Crippen LogP contribution in [0.1, 0.15) is 59.3 Å². The zero-order valence-electron chi connectivity index (χ0n) is 13.2. The molecule has 3 rings (SSSR count). The topological polar surface area (TPSA) is 41.1 Å². The van der Waals surface area contributed by atoms with Crippen molar-refractivity contribution in [1.82, 2.24) is 10.6 Å². The number of hydrogen-bond acceptors (Lipinski definition) is 1. The molecule has 7 unspecified atom stereocenters. The number of rotatable bonds is 4. The molecule has 3 saturated carbocycles. The molecule has 7 atom stereocenters. The van der Waals surface area contributed by atoms with Gasteiger partial charge in [-0.15, -0.1) is 0 Å². The molecule has 3 nitrogen and oxygen atoms in total. The van der Waals surface area contributed by atoms with Crippen molar-refractivity contribution in [3.05, 3.63) is 0 Å². The summed E-state index contributed by atoms with van der Waals surface area (Å²) in [6.07, 6.45) is 8.01. The van der Waals surface area contributed by atoms with Gasteiger partial charge in [-0.2, -0.15) is 0 Å². The summed E-state index contributed by atoms with van der Waals surface area (Å²) in [5.41, 5.74) is 0. The minimum Gasteiger partial charge on any atom is -0.335 e. The maximum Gasteiger partial charge on any atom is 0.315 e. The summed E-state index contributed by atoms with van der Waals surface area (Å²) in [6.45, 7) is 6.49. The lowest BCUT2D eigenvalue weighted by Crippen LogP contribution is -2.50. The smallest absolute Gasteiger partial charge is 0.315 e. The van der Waals surface area contributed by atoms with Crippen molar-refractivity contribution in [3.8, 4) is 0 Å². The predicted molar refractivity (Wildman–Crippen MR) is 81.4 cm³/mol. The fourth-order valence-corrected chi connectivity index (χ4v) is 5.15.